The van der Waals surface area contributed by atoms with Crippen molar-refractivity contribution in [3.63, 3.8) is 0 Å². The van der Waals surface area contributed by atoms with E-state index in [-0.39, 0.29) is 18.9 Å². The van der Waals surface area contributed by atoms with Crippen molar-refractivity contribution in [2.24, 2.45) is 0 Å². The minimum Gasteiger partial charge on any atom is -0.394 e. The van der Waals surface area contributed by atoms with Crippen molar-refractivity contribution in [3.05, 3.63) is 12.2 Å². The van der Waals surface area contributed by atoms with Crippen molar-refractivity contribution in [2.75, 3.05) is 13.2 Å². The number of ether oxygens (including phenoxy) is 2. The summed E-state index contributed by atoms with van der Waals surface area (Å²) < 4.78 is 47.7. The lowest BCUT2D eigenvalue weighted by Crippen LogP contribution is -2.61. The van der Waals surface area contributed by atoms with Gasteiger partial charge in [-0.25, -0.2) is 4.18 Å². The highest BCUT2D eigenvalue weighted by atomic mass is 32.3. The fourth-order valence-corrected chi connectivity index (χ4v) is 8.85. The maximum absolute atomic E-state index is 13.0. The molecule has 7 atom stereocenters. The van der Waals surface area contributed by atoms with E-state index in [9.17, 15) is 38.2 Å². The van der Waals surface area contributed by atoms with Gasteiger partial charge in [-0.15, -0.1) is 0 Å². The second kappa shape index (κ2) is 40.1. The van der Waals surface area contributed by atoms with Gasteiger partial charge in [0.05, 0.1) is 25.4 Å². The first-order chi connectivity index (χ1) is 30.0. The maximum Gasteiger partial charge on any atom is 0.397 e. The number of carbonyl (C=O) groups excluding carboxylic acids is 1. The fraction of sp³-hybridized carbons (Fsp3) is 0.939. The number of hydrogen-bond acceptors (Lipinski definition) is 10. The number of rotatable bonds is 44. The van der Waals surface area contributed by atoms with Crippen LogP contribution in [0.15, 0.2) is 12.2 Å². The molecule has 1 aliphatic heterocycles. The van der Waals surface area contributed by atoms with Crippen LogP contribution in [0.2, 0.25) is 0 Å². The Morgan fingerprint density at radius 3 is 1.40 bits per heavy atom. The van der Waals surface area contributed by atoms with E-state index in [4.69, 9.17) is 9.47 Å². The third-order valence-electron chi connectivity index (χ3n) is 12.3. The van der Waals surface area contributed by atoms with Gasteiger partial charge in [0.2, 0.25) is 5.91 Å². The number of aliphatic hydroxyl groups is 4. The molecular formula is C49H95NO11S. The van der Waals surface area contributed by atoms with Crippen LogP contribution in [0.1, 0.15) is 239 Å². The van der Waals surface area contributed by atoms with Crippen molar-refractivity contribution in [1.82, 2.24) is 5.32 Å². The van der Waals surface area contributed by atoms with Crippen LogP contribution < -0.4 is 5.32 Å². The van der Waals surface area contributed by atoms with E-state index in [1.54, 1.807) is 6.08 Å². The smallest absolute Gasteiger partial charge is 0.394 e. The summed E-state index contributed by atoms with van der Waals surface area (Å²) in [5.74, 6) is -0.259. The Labute approximate surface area is 379 Å². The lowest BCUT2D eigenvalue weighted by molar-refractivity contribution is -0.298. The third-order valence-corrected chi connectivity index (χ3v) is 12.8. The van der Waals surface area contributed by atoms with Gasteiger partial charge >= 0.3 is 10.4 Å². The maximum atomic E-state index is 13.0. The molecule has 0 saturated carbocycles. The molecule has 0 aromatic carbocycles. The van der Waals surface area contributed by atoms with Gasteiger partial charge in [-0.3, -0.25) is 9.35 Å². The molecule has 0 aromatic rings. The third kappa shape index (κ3) is 32.5. The quantitative estimate of drug-likeness (QED) is 0.0194. The minimum atomic E-state index is -5.08. The van der Waals surface area contributed by atoms with Gasteiger partial charge in [-0.1, -0.05) is 225 Å². The highest BCUT2D eigenvalue weighted by molar-refractivity contribution is 7.80. The van der Waals surface area contributed by atoms with E-state index in [1.807, 2.05) is 6.08 Å². The van der Waals surface area contributed by atoms with Crippen LogP contribution in [0.4, 0.5) is 0 Å². The summed E-state index contributed by atoms with van der Waals surface area (Å²) in [5.41, 5.74) is 0. The molecule has 1 rings (SSSR count). The van der Waals surface area contributed by atoms with Crippen LogP contribution in [0.25, 0.3) is 0 Å². The van der Waals surface area contributed by atoms with Crippen LogP contribution in [0, 0.1) is 0 Å². The van der Waals surface area contributed by atoms with Gasteiger partial charge in [0.25, 0.3) is 0 Å². The molecular weight excluding hydrogens is 811 g/mol. The molecule has 1 amide bonds. The molecule has 1 heterocycles. The van der Waals surface area contributed by atoms with Gasteiger partial charge in [0.1, 0.15) is 24.4 Å². The van der Waals surface area contributed by atoms with E-state index in [0.717, 1.165) is 38.5 Å². The molecule has 6 N–H and O–H groups in total. The number of allylic oxidation sites excluding steroid dienone is 1. The van der Waals surface area contributed by atoms with E-state index < -0.39 is 59.9 Å². The van der Waals surface area contributed by atoms with Gasteiger partial charge < -0.3 is 35.2 Å². The molecule has 13 heteroatoms. The average Bonchev–Trinajstić information content (AvgIpc) is 3.24. The highest BCUT2D eigenvalue weighted by Gasteiger charge is 2.48. The zero-order valence-corrected chi connectivity index (χ0v) is 40.3. The highest BCUT2D eigenvalue weighted by Crippen LogP contribution is 2.26. The summed E-state index contributed by atoms with van der Waals surface area (Å²) in [5, 5.41) is 44.8. The Morgan fingerprint density at radius 2 is 1.02 bits per heavy atom. The Hall–Kier alpha value is -1.16. The second-order valence-electron chi connectivity index (χ2n) is 18.1. The normalized spacial score (nSPS) is 20.5. The predicted octanol–water partition coefficient (Wildman–Crippen LogP) is 10.7. The molecule has 1 fully saturated rings. The molecule has 1 saturated heterocycles. The van der Waals surface area contributed by atoms with Crippen LogP contribution in [0.5, 0.6) is 0 Å². The summed E-state index contributed by atoms with van der Waals surface area (Å²) in [4.78, 5) is 13.0. The molecule has 0 radical (unpaired) electrons. The molecule has 368 valence electrons. The molecule has 0 bridgehead atoms. The monoisotopic (exact) mass is 906 g/mol. The zero-order chi connectivity index (χ0) is 45.5. The lowest BCUT2D eigenvalue weighted by Gasteiger charge is -2.41. The summed E-state index contributed by atoms with van der Waals surface area (Å²) in [6.45, 7) is 3.41. The van der Waals surface area contributed by atoms with E-state index in [2.05, 4.69) is 23.3 Å². The standard InChI is InChI=1S/C49H95NO11S/c1-3-5-7-9-11-13-15-17-19-20-21-22-23-24-25-26-28-30-32-34-36-38-43(52)42(41-59-49-47(55)48(61-62(56,57)58)46(54)44(40-51)60-49)50-45(53)39-37-35-33-31-29-27-18-16-14-12-10-8-6-4-2/h36,38,42-44,46-49,51-52,54-55H,3-35,37,39-41H2,1-2H3,(H,50,53)(H,56,57,58)/b38-36+. The average molecular weight is 906 g/mol. The van der Waals surface area contributed by atoms with Crippen LogP contribution in [-0.2, 0) is 28.9 Å². The predicted molar refractivity (Wildman–Crippen MR) is 250 cm³/mol. The largest absolute Gasteiger partial charge is 0.397 e. The molecule has 1 aliphatic rings. The summed E-state index contributed by atoms with van der Waals surface area (Å²) in [6.07, 6.45) is 36.8. The first kappa shape index (κ1) is 58.9. The van der Waals surface area contributed by atoms with Gasteiger partial charge in [-0.2, -0.15) is 8.42 Å². The molecule has 62 heavy (non-hydrogen) atoms. The van der Waals surface area contributed by atoms with Crippen molar-refractivity contribution < 1.29 is 51.8 Å². The van der Waals surface area contributed by atoms with E-state index in [1.165, 1.54) is 173 Å². The Bertz CT molecular complexity index is 1160. The van der Waals surface area contributed by atoms with Crippen molar-refractivity contribution in [2.45, 2.75) is 281 Å². The Balaban J connectivity index is 2.44. The number of aliphatic hydroxyl groups excluding tert-OH is 4. The molecule has 0 aromatic heterocycles. The SMILES string of the molecule is CCCCCCCCCCCCCCCCCCCCC/C=C/C(O)C(COC1OC(CO)C(O)C(OS(=O)(=O)O)C1O)NC(=O)CCCCCCCCCCCCCCCC. The summed E-state index contributed by atoms with van der Waals surface area (Å²) >= 11 is 0. The Morgan fingerprint density at radius 1 is 0.629 bits per heavy atom. The first-order valence-corrected chi connectivity index (χ1v) is 26.9. The fourth-order valence-electron chi connectivity index (χ4n) is 8.34. The van der Waals surface area contributed by atoms with Crippen LogP contribution in [-0.4, -0.2) is 95.4 Å². The molecule has 7 unspecified atom stereocenters. The molecule has 12 nitrogen and oxygen atoms in total. The summed E-state index contributed by atoms with van der Waals surface area (Å²) in [7, 11) is -5.08. The van der Waals surface area contributed by atoms with Gasteiger partial charge in [-0.05, 0) is 19.3 Å². The second-order valence-corrected chi connectivity index (χ2v) is 19.2. The number of unbranched alkanes of at least 4 members (excludes halogenated alkanes) is 32. The number of hydrogen-bond donors (Lipinski definition) is 6. The Kier molecular flexibility index (Phi) is 38.1. The minimum absolute atomic E-state index is 0.259. The molecule has 0 spiro atoms. The topological polar surface area (TPSA) is 192 Å². The summed E-state index contributed by atoms with van der Waals surface area (Å²) in [6, 6.07) is -0.938. The number of amides is 1. The number of nitrogens with one attached hydrogen (secondary N) is 1. The van der Waals surface area contributed by atoms with Crippen LogP contribution in [0.3, 0.4) is 0 Å². The van der Waals surface area contributed by atoms with Crippen molar-refractivity contribution >= 4 is 16.3 Å². The van der Waals surface area contributed by atoms with Crippen LogP contribution >= 0.6 is 0 Å². The molecule has 0 aliphatic carbocycles. The van der Waals surface area contributed by atoms with E-state index in [0.29, 0.717) is 6.42 Å². The van der Waals surface area contributed by atoms with Crippen molar-refractivity contribution in [3.8, 4) is 0 Å². The zero-order valence-electron chi connectivity index (χ0n) is 39.5. The first-order valence-electron chi connectivity index (χ1n) is 25.6. The van der Waals surface area contributed by atoms with Gasteiger partial charge in [0, 0.05) is 6.42 Å². The van der Waals surface area contributed by atoms with Gasteiger partial charge in [0.15, 0.2) is 6.29 Å². The van der Waals surface area contributed by atoms with E-state index >= 15 is 0 Å². The number of carbonyl (C=O) groups is 1. The lowest BCUT2D eigenvalue weighted by atomic mass is 9.99. The van der Waals surface area contributed by atoms with Crippen molar-refractivity contribution in [1.29, 1.82) is 0 Å².